The summed E-state index contributed by atoms with van der Waals surface area (Å²) in [6.45, 7) is 0.943. The van der Waals surface area contributed by atoms with Crippen LogP contribution in [-0.2, 0) is 4.74 Å². The fourth-order valence-corrected chi connectivity index (χ4v) is 5.92. The molecule has 2 atom stereocenters. The van der Waals surface area contributed by atoms with Crippen LogP contribution in [-0.4, -0.2) is 29.8 Å². The van der Waals surface area contributed by atoms with Crippen molar-refractivity contribution < 1.29 is 4.74 Å². The van der Waals surface area contributed by atoms with E-state index in [1.165, 1.54) is 75.7 Å². The number of hydrogen-bond donors (Lipinski definition) is 2. The SMILES string of the molecule is NNC(CC1CCCCC1)C1CCOC2(CCSCC2)C1. The van der Waals surface area contributed by atoms with Crippen LogP contribution in [0, 0.1) is 11.8 Å². The van der Waals surface area contributed by atoms with Gasteiger partial charge in [-0.25, -0.2) is 0 Å². The number of thioether (sulfide) groups is 1. The molecule has 0 radical (unpaired) electrons. The highest BCUT2D eigenvalue weighted by Gasteiger charge is 2.41. The normalized spacial score (nSPS) is 32.1. The summed E-state index contributed by atoms with van der Waals surface area (Å²) in [5, 5.41) is 0. The van der Waals surface area contributed by atoms with E-state index in [0.717, 1.165) is 12.5 Å². The average molecular weight is 313 g/mol. The van der Waals surface area contributed by atoms with Crippen LogP contribution in [0.3, 0.4) is 0 Å². The molecule has 3 aliphatic rings. The first-order valence-electron chi connectivity index (χ1n) is 8.99. The van der Waals surface area contributed by atoms with E-state index in [-0.39, 0.29) is 5.60 Å². The largest absolute Gasteiger partial charge is 0.375 e. The van der Waals surface area contributed by atoms with Gasteiger partial charge in [0, 0.05) is 12.6 Å². The van der Waals surface area contributed by atoms with Crippen molar-refractivity contribution in [3.05, 3.63) is 0 Å². The zero-order valence-electron chi connectivity index (χ0n) is 13.3. The predicted octanol–water partition coefficient (Wildman–Crippen LogP) is 3.48. The topological polar surface area (TPSA) is 47.3 Å². The second-order valence-corrected chi connectivity index (χ2v) is 8.63. The van der Waals surface area contributed by atoms with Gasteiger partial charge in [-0.05, 0) is 55.4 Å². The van der Waals surface area contributed by atoms with Gasteiger partial charge in [-0.15, -0.1) is 0 Å². The standard InChI is InChI=1S/C17H32N2OS/c18-19-16(12-14-4-2-1-3-5-14)15-6-9-20-17(13-15)7-10-21-11-8-17/h14-16,19H,1-13,18H2. The van der Waals surface area contributed by atoms with E-state index in [0.29, 0.717) is 12.0 Å². The van der Waals surface area contributed by atoms with Gasteiger partial charge >= 0.3 is 0 Å². The third-order valence-corrected chi connectivity index (χ3v) is 7.02. The number of nitrogens with two attached hydrogens (primary N) is 1. The van der Waals surface area contributed by atoms with Gasteiger partial charge in [0.2, 0.25) is 0 Å². The number of ether oxygens (including phenoxy) is 1. The molecule has 21 heavy (non-hydrogen) atoms. The van der Waals surface area contributed by atoms with Gasteiger partial charge in [-0.2, -0.15) is 11.8 Å². The van der Waals surface area contributed by atoms with Crippen LogP contribution in [0.15, 0.2) is 0 Å². The molecule has 1 spiro atoms. The van der Waals surface area contributed by atoms with E-state index in [1.807, 2.05) is 0 Å². The molecular weight excluding hydrogens is 280 g/mol. The van der Waals surface area contributed by atoms with Crippen molar-refractivity contribution in [3.8, 4) is 0 Å². The molecule has 3 nitrogen and oxygen atoms in total. The van der Waals surface area contributed by atoms with Crippen LogP contribution in [0.4, 0.5) is 0 Å². The fraction of sp³-hybridized carbons (Fsp3) is 1.00. The summed E-state index contributed by atoms with van der Waals surface area (Å²) in [6.07, 6.45) is 13.3. The van der Waals surface area contributed by atoms with Crippen LogP contribution in [0.1, 0.15) is 64.2 Å². The van der Waals surface area contributed by atoms with Gasteiger partial charge in [0.05, 0.1) is 5.60 Å². The molecule has 0 amide bonds. The Labute approximate surface area is 134 Å². The second kappa shape index (κ2) is 7.67. The molecule has 2 heterocycles. The Bertz CT molecular complexity index is 308. The number of hydrazine groups is 1. The van der Waals surface area contributed by atoms with Gasteiger partial charge in [0.25, 0.3) is 0 Å². The first kappa shape index (κ1) is 16.1. The Hall–Kier alpha value is 0.230. The van der Waals surface area contributed by atoms with Crippen LogP contribution in [0.2, 0.25) is 0 Å². The van der Waals surface area contributed by atoms with Gasteiger partial charge in [0.15, 0.2) is 0 Å². The molecule has 2 unspecified atom stereocenters. The molecule has 4 heteroatoms. The van der Waals surface area contributed by atoms with Crippen LogP contribution >= 0.6 is 11.8 Å². The first-order valence-corrected chi connectivity index (χ1v) is 10.1. The zero-order valence-corrected chi connectivity index (χ0v) is 14.1. The first-order chi connectivity index (χ1) is 10.3. The van der Waals surface area contributed by atoms with E-state index in [2.05, 4.69) is 17.2 Å². The van der Waals surface area contributed by atoms with Gasteiger partial charge in [0.1, 0.15) is 0 Å². The Kier molecular flexibility index (Phi) is 5.88. The Morgan fingerprint density at radius 1 is 1.14 bits per heavy atom. The highest BCUT2D eigenvalue weighted by molar-refractivity contribution is 7.99. The van der Waals surface area contributed by atoms with Crippen molar-refractivity contribution in [2.45, 2.75) is 75.9 Å². The lowest BCUT2D eigenvalue weighted by molar-refractivity contribution is -0.108. The van der Waals surface area contributed by atoms with Crippen LogP contribution in [0.25, 0.3) is 0 Å². The Morgan fingerprint density at radius 3 is 2.62 bits per heavy atom. The summed E-state index contributed by atoms with van der Waals surface area (Å²) in [6, 6.07) is 0.503. The third kappa shape index (κ3) is 4.15. The maximum atomic E-state index is 6.24. The molecule has 0 aromatic heterocycles. The lowest BCUT2D eigenvalue weighted by atomic mass is 9.75. The smallest absolute Gasteiger partial charge is 0.0701 e. The molecule has 1 aliphatic carbocycles. The summed E-state index contributed by atoms with van der Waals surface area (Å²) >= 11 is 2.09. The molecule has 3 rings (SSSR count). The van der Waals surface area contributed by atoms with Gasteiger partial charge < -0.3 is 4.74 Å². The molecule has 2 saturated heterocycles. The quantitative estimate of drug-likeness (QED) is 0.616. The van der Waals surface area contributed by atoms with Gasteiger partial charge in [-0.3, -0.25) is 11.3 Å². The molecule has 3 fully saturated rings. The molecule has 122 valence electrons. The van der Waals surface area contributed by atoms with E-state index in [9.17, 15) is 0 Å². The number of rotatable bonds is 4. The lowest BCUT2D eigenvalue weighted by Gasteiger charge is -2.45. The van der Waals surface area contributed by atoms with E-state index in [4.69, 9.17) is 10.6 Å². The van der Waals surface area contributed by atoms with Crippen molar-refractivity contribution >= 4 is 11.8 Å². The molecule has 0 bridgehead atoms. The summed E-state index contributed by atoms with van der Waals surface area (Å²) in [5.74, 6) is 10.1. The Morgan fingerprint density at radius 2 is 1.90 bits per heavy atom. The molecule has 2 aliphatic heterocycles. The second-order valence-electron chi connectivity index (χ2n) is 7.41. The highest BCUT2D eigenvalue weighted by Crippen LogP contribution is 2.42. The van der Waals surface area contributed by atoms with Crippen molar-refractivity contribution in [2.75, 3.05) is 18.1 Å². The highest BCUT2D eigenvalue weighted by atomic mass is 32.2. The molecule has 1 saturated carbocycles. The molecule has 0 aromatic rings. The summed E-state index contributed by atoms with van der Waals surface area (Å²) in [7, 11) is 0. The minimum atomic E-state index is 0.190. The minimum Gasteiger partial charge on any atom is -0.375 e. The van der Waals surface area contributed by atoms with E-state index >= 15 is 0 Å². The summed E-state index contributed by atoms with van der Waals surface area (Å²) < 4.78 is 6.24. The minimum absolute atomic E-state index is 0.190. The predicted molar refractivity (Wildman–Crippen MR) is 90.3 cm³/mol. The van der Waals surface area contributed by atoms with Crippen LogP contribution in [0.5, 0.6) is 0 Å². The maximum Gasteiger partial charge on any atom is 0.0701 e. The Balaban J connectivity index is 1.57. The molecule has 3 N–H and O–H groups in total. The summed E-state index contributed by atoms with van der Waals surface area (Å²) in [4.78, 5) is 0. The average Bonchev–Trinajstić information content (AvgIpc) is 2.54. The van der Waals surface area contributed by atoms with Crippen molar-refractivity contribution in [1.82, 2.24) is 5.43 Å². The summed E-state index contributed by atoms with van der Waals surface area (Å²) in [5.41, 5.74) is 3.37. The monoisotopic (exact) mass is 312 g/mol. The van der Waals surface area contributed by atoms with E-state index in [1.54, 1.807) is 0 Å². The molecule has 0 aromatic carbocycles. The van der Waals surface area contributed by atoms with E-state index < -0.39 is 0 Å². The number of nitrogens with one attached hydrogen (secondary N) is 1. The van der Waals surface area contributed by atoms with Crippen molar-refractivity contribution in [2.24, 2.45) is 17.7 Å². The van der Waals surface area contributed by atoms with Crippen LogP contribution < -0.4 is 11.3 Å². The van der Waals surface area contributed by atoms with Crippen molar-refractivity contribution in [1.29, 1.82) is 0 Å². The zero-order chi connectivity index (χ0) is 14.5. The van der Waals surface area contributed by atoms with Crippen molar-refractivity contribution in [3.63, 3.8) is 0 Å². The lowest BCUT2D eigenvalue weighted by Crippen LogP contribution is -2.50. The van der Waals surface area contributed by atoms with Gasteiger partial charge in [-0.1, -0.05) is 32.1 Å². The number of hydrogen-bond acceptors (Lipinski definition) is 4. The maximum absolute atomic E-state index is 6.24. The fourth-order valence-electron chi connectivity index (χ4n) is 4.68. The molecular formula is C17H32N2OS. The third-order valence-electron chi connectivity index (χ3n) is 6.03.